The van der Waals surface area contributed by atoms with Gasteiger partial charge in [-0.25, -0.2) is 0 Å². The third-order valence-electron chi connectivity index (χ3n) is 3.50. The van der Waals surface area contributed by atoms with E-state index < -0.39 is 5.54 Å². The maximum atomic E-state index is 11.9. The summed E-state index contributed by atoms with van der Waals surface area (Å²) in [7, 11) is 1.45. The van der Waals surface area contributed by atoms with Gasteiger partial charge in [0.2, 0.25) is 0 Å². The summed E-state index contributed by atoms with van der Waals surface area (Å²) in [5.41, 5.74) is -0.229. The average Bonchev–Trinajstić information content (AvgIpc) is 2.56. The summed E-state index contributed by atoms with van der Waals surface area (Å²) in [6.07, 6.45) is 1.19. The first-order valence-corrected chi connectivity index (χ1v) is 6.39. The highest BCUT2D eigenvalue weighted by Crippen LogP contribution is 2.29. The van der Waals surface area contributed by atoms with Crippen molar-refractivity contribution in [2.45, 2.75) is 39.7 Å². The van der Waals surface area contributed by atoms with E-state index in [2.05, 4.69) is 24.1 Å². The fourth-order valence-electron chi connectivity index (χ4n) is 2.61. The molecule has 4 heteroatoms. The Morgan fingerprint density at radius 3 is 2.59 bits per heavy atom. The predicted molar refractivity (Wildman–Crippen MR) is 68.9 cm³/mol. The van der Waals surface area contributed by atoms with E-state index in [-0.39, 0.29) is 5.97 Å². The van der Waals surface area contributed by atoms with Crippen LogP contribution in [0, 0.1) is 5.41 Å². The van der Waals surface area contributed by atoms with Gasteiger partial charge in [0.1, 0.15) is 5.54 Å². The zero-order valence-electron chi connectivity index (χ0n) is 11.8. The number of carbonyl (C=O) groups excluding carboxylic acids is 1. The molecule has 17 heavy (non-hydrogen) atoms. The van der Waals surface area contributed by atoms with Crippen molar-refractivity contribution in [2.24, 2.45) is 5.41 Å². The van der Waals surface area contributed by atoms with Gasteiger partial charge in [-0.2, -0.15) is 0 Å². The molecule has 0 spiro atoms. The van der Waals surface area contributed by atoms with Crippen molar-refractivity contribution in [2.75, 3.05) is 33.3 Å². The highest BCUT2D eigenvalue weighted by atomic mass is 16.5. The number of hydrogen-bond acceptors (Lipinski definition) is 4. The Morgan fingerprint density at radius 2 is 2.18 bits per heavy atom. The Balaban J connectivity index is 2.65. The molecule has 0 saturated carbocycles. The molecule has 1 heterocycles. The van der Waals surface area contributed by atoms with E-state index in [0.717, 1.165) is 26.2 Å². The Hall–Kier alpha value is -0.610. The van der Waals surface area contributed by atoms with E-state index in [1.807, 2.05) is 13.8 Å². The normalized spacial score (nSPS) is 23.4. The van der Waals surface area contributed by atoms with Gasteiger partial charge in [0.25, 0.3) is 0 Å². The molecule has 1 rings (SSSR count). The summed E-state index contributed by atoms with van der Waals surface area (Å²) < 4.78 is 4.90. The van der Waals surface area contributed by atoms with Crippen molar-refractivity contribution in [3.8, 4) is 0 Å². The SMILES string of the molecule is CCNC(C)(CN1CCC(C)(C)C1)C(=O)OC. The van der Waals surface area contributed by atoms with E-state index in [0.29, 0.717) is 5.41 Å². The predicted octanol–water partition coefficient (Wildman–Crippen LogP) is 1.26. The summed E-state index contributed by atoms with van der Waals surface area (Å²) in [4.78, 5) is 14.2. The lowest BCUT2D eigenvalue weighted by atomic mass is 9.93. The molecule has 1 unspecified atom stereocenters. The Kier molecular flexibility index (Phi) is 4.55. The number of nitrogens with zero attached hydrogens (tertiary/aromatic N) is 1. The van der Waals surface area contributed by atoms with Crippen LogP contribution in [0.15, 0.2) is 0 Å². The number of carbonyl (C=O) groups is 1. The quantitative estimate of drug-likeness (QED) is 0.737. The van der Waals surface area contributed by atoms with Gasteiger partial charge >= 0.3 is 5.97 Å². The number of hydrogen-bond donors (Lipinski definition) is 1. The molecule has 0 aromatic rings. The minimum Gasteiger partial charge on any atom is -0.468 e. The van der Waals surface area contributed by atoms with Crippen LogP contribution in [-0.4, -0.2) is 49.7 Å². The van der Waals surface area contributed by atoms with Crippen LogP contribution >= 0.6 is 0 Å². The molecule has 0 aliphatic carbocycles. The lowest BCUT2D eigenvalue weighted by Gasteiger charge is -2.32. The van der Waals surface area contributed by atoms with Crippen LogP contribution in [-0.2, 0) is 9.53 Å². The largest absolute Gasteiger partial charge is 0.468 e. The number of rotatable bonds is 5. The third-order valence-corrected chi connectivity index (χ3v) is 3.50. The van der Waals surface area contributed by atoms with E-state index >= 15 is 0 Å². The molecule has 0 bridgehead atoms. The zero-order valence-corrected chi connectivity index (χ0v) is 11.8. The summed E-state index contributed by atoms with van der Waals surface area (Å²) in [6.45, 7) is 12.1. The van der Waals surface area contributed by atoms with Gasteiger partial charge in [-0.1, -0.05) is 20.8 Å². The Labute approximate surface area is 105 Å². The number of likely N-dealkylation sites (N-methyl/N-ethyl adjacent to an activating group) is 1. The number of methoxy groups -OCH3 is 1. The van der Waals surface area contributed by atoms with Crippen LogP contribution in [0.4, 0.5) is 0 Å². The standard InChI is InChI=1S/C13H26N2O2/c1-6-14-13(4,11(16)17-5)10-15-8-7-12(2,3)9-15/h14H,6-10H2,1-5H3. The zero-order chi connectivity index (χ0) is 13.1. The summed E-state index contributed by atoms with van der Waals surface area (Å²) in [6, 6.07) is 0. The lowest BCUT2D eigenvalue weighted by Crippen LogP contribution is -2.57. The van der Waals surface area contributed by atoms with Crippen molar-refractivity contribution in [3.05, 3.63) is 0 Å². The summed E-state index contributed by atoms with van der Waals surface area (Å²) >= 11 is 0. The molecule has 0 radical (unpaired) electrons. The molecule has 100 valence electrons. The Bertz CT molecular complexity index is 279. The van der Waals surface area contributed by atoms with Gasteiger partial charge in [0.15, 0.2) is 0 Å². The molecular weight excluding hydrogens is 216 g/mol. The molecular formula is C13H26N2O2. The first-order chi connectivity index (χ1) is 7.83. The van der Waals surface area contributed by atoms with Gasteiger partial charge in [0, 0.05) is 13.1 Å². The maximum absolute atomic E-state index is 11.9. The lowest BCUT2D eigenvalue weighted by molar-refractivity contribution is -0.148. The topological polar surface area (TPSA) is 41.6 Å². The fourth-order valence-corrected chi connectivity index (χ4v) is 2.61. The molecule has 0 amide bonds. The summed E-state index contributed by atoms with van der Waals surface area (Å²) in [5.74, 6) is -0.177. The highest BCUT2D eigenvalue weighted by Gasteiger charge is 2.39. The van der Waals surface area contributed by atoms with Crippen molar-refractivity contribution in [1.29, 1.82) is 0 Å². The second-order valence-corrected chi connectivity index (χ2v) is 5.98. The van der Waals surface area contributed by atoms with Gasteiger partial charge in [-0.15, -0.1) is 0 Å². The number of ether oxygens (including phenoxy) is 1. The molecule has 0 aromatic heterocycles. The van der Waals surface area contributed by atoms with Crippen LogP contribution in [0.2, 0.25) is 0 Å². The maximum Gasteiger partial charge on any atom is 0.327 e. The van der Waals surface area contributed by atoms with Gasteiger partial charge in [-0.05, 0) is 31.8 Å². The molecule has 1 atom stereocenters. The molecule has 1 saturated heterocycles. The average molecular weight is 242 g/mol. The van der Waals surface area contributed by atoms with Crippen LogP contribution in [0.25, 0.3) is 0 Å². The van der Waals surface area contributed by atoms with Gasteiger partial charge < -0.3 is 15.0 Å². The Morgan fingerprint density at radius 1 is 1.53 bits per heavy atom. The van der Waals surface area contributed by atoms with Crippen molar-refractivity contribution >= 4 is 5.97 Å². The van der Waals surface area contributed by atoms with Crippen molar-refractivity contribution in [1.82, 2.24) is 10.2 Å². The molecule has 4 nitrogen and oxygen atoms in total. The monoisotopic (exact) mass is 242 g/mol. The molecule has 1 aliphatic heterocycles. The first kappa shape index (κ1) is 14.5. The van der Waals surface area contributed by atoms with Gasteiger partial charge in [0.05, 0.1) is 7.11 Å². The minimum atomic E-state index is -0.593. The molecule has 1 fully saturated rings. The van der Waals surface area contributed by atoms with Crippen molar-refractivity contribution < 1.29 is 9.53 Å². The van der Waals surface area contributed by atoms with Gasteiger partial charge in [-0.3, -0.25) is 4.79 Å². The van der Waals surface area contributed by atoms with Crippen LogP contribution < -0.4 is 5.32 Å². The van der Waals surface area contributed by atoms with Crippen LogP contribution in [0.5, 0.6) is 0 Å². The summed E-state index contributed by atoms with van der Waals surface area (Å²) in [5, 5.41) is 3.25. The fraction of sp³-hybridized carbons (Fsp3) is 0.923. The van der Waals surface area contributed by atoms with Crippen LogP contribution in [0.3, 0.4) is 0 Å². The van der Waals surface area contributed by atoms with E-state index in [1.54, 1.807) is 0 Å². The van der Waals surface area contributed by atoms with E-state index in [9.17, 15) is 4.79 Å². The molecule has 1 aliphatic rings. The minimum absolute atomic E-state index is 0.177. The van der Waals surface area contributed by atoms with E-state index in [1.165, 1.54) is 13.5 Å². The van der Waals surface area contributed by atoms with E-state index in [4.69, 9.17) is 4.74 Å². The molecule has 0 aromatic carbocycles. The number of likely N-dealkylation sites (tertiary alicyclic amines) is 1. The smallest absolute Gasteiger partial charge is 0.327 e. The second-order valence-electron chi connectivity index (χ2n) is 5.98. The number of esters is 1. The number of nitrogens with one attached hydrogen (secondary N) is 1. The molecule has 1 N–H and O–H groups in total. The van der Waals surface area contributed by atoms with Crippen LogP contribution in [0.1, 0.15) is 34.1 Å². The first-order valence-electron chi connectivity index (χ1n) is 6.39. The second kappa shape index (κ2) is 5.36. The van der Waals surface area contributed by atoms with Crippen molar-refractivity contribution in [3.63, 3.8) is 0 Å². The third kappa shape index (κ3) is 3.68. The highest BCUT2D eigenvalue weighted by molar-refractivity contribution is 5.80.